The zero-order valence-corrected chi connectivity index (χ0v) is 14.4. The third-order valence-corrected chi connectivity index (χ3v) is 5.28. The molecule has 0 radical (unpaired) electrons. The van der Waals surface area contributed by atoms with E-state index in [2.05, 4.69) is 20.4 Å². The molecule has 0 spiro atoms. The van der Waals surface area contributed by atoms with Crippen LogP contribution in [0, 0.1) is 5.92 Å². The maximum atomic E-state index is 12.3. The molecule has 2 aromatic heterocycles. The third kappa shape index (κ3) is 3.23. The van der Waals surface area contributed by atoms with Crippen molar-refractivity contribution in [2.45, 2.75) is 51.0 Å². The Labute approximate surface area is 146 Å². The zero-order valence-electron chi connectivity index (χ0n) is 14.4. The van der Waals surface area contributed by atoms with Gasteiger partial charge in [0.05, 0.1) is 13.3 Å². The van der Waals surface area contributed by atoms with Gasteiger partial charge in [0.25, 0.3) is 0 Å². The highest BCUT2D eigenvalue weighted by Gasteiger charge is 2.31. The lowest BCUT2D eigenvalue weighted by molar-refractivity contribution is -0.116. The summed E-state index contributed by atoms with van der Waals surface area (Å²) in [6, 6.07) is 0.331. The number of nitrogens with zero attached hydrogens (tertiary/aromatic N) is 4. The van der Waals surface area contributed by atoms with E-state index in [0.717, 1.165) is 23.5 Å². The van der Waals surface area contributed by atoms with E-state index in [9.17, 15) is 4.79 Å². The molecule has 1 atom stereocenters. The number of hydrogen-bond acceptors (Lipinski definition) is 5. The molecule has 0 aromatic carbocycles. The van der Waals surface area contributed by atoms with Gasteiger partial charge in [-0.3, -0.25) is 4.79 Å². The van der Waals surface area contributed by atoms with Crippen molar-refractivity contribution in [3.63, 3.8) is 0 Å². The lowest BCUT2D eigenvalue weighted by Gasteiger charge is -2.26. The van der Waals surface area contributed by atoms with Crippen LogP contribution < -0.4 is 10.1 Å². The first-order valence-electron chi connectivity index (χ1n) is 8.96. The number of aromatic nitrogens is 4. The first kappa shape index (κ1) is 16.1. The average molecular weight is 341 g/mol. The van der Waals surface area contributed by atoms with Gasteiger partial charge in [-0.15, -0.1) is 0 Å². The Hall–Kier alpha value is -2.44. The summed E-state index contributed by atoms with van der Waals surface area (Å²) in [7, 11) is 1.54. The molecule has 132 valence electrons. The summed E-state index contributed by atoms with van der Waals surface area (Å²) in [6.07, 6.45) is 12.2. The molecule has 1 aliphatic heterocycles. The van der Waals surface area contributed by atoms with Crippen LogP contribution in [0.15, 0.2) is 18.6 Å². The molecule has 0 saturated heterocycles. The van der Waals surface area contributed by atoms with Gasteiger partial charge in [0.2, 0.25) is 5.91 Å². The van der Waals surface area contributed by atoms with Crippen molar-refractivity contribution in [2.24, 2.45) is 5.92 Å². The van der Waals surface area contributed by atoms with E-state index in [4.69, 9.17) is 4.74 Å². The zero-order chi connectivity index (χ0) is 17.2. The highest BCUT2D eigenvalue weighted by Crippen LogP contribution is 2.37. The van der Waals surface area contributed by atoms with Gasteiger partial charge in [0.15, 0.2) is 0 Å². The molecule has 1 N–H and O–H groups in total. The van der Waals surface area contributed by atoms with Gasteiger partial charge in [-0.2, -0.15) is 5.10 Å². The number of anilines is 1. The van der Waals surface area contributed by atoms with Gasteiger partial charge >= 0.3 is 6.01 Å². The van der Waals surface area contributed by atoms with Crippen LogP contribution >= 0.6 is 0 Å². The molecule has 3 heterocycles. The van der Waals surface area contributed by atoms with Gasteiger partial charge in [0, 0.05) is 36.8 Å². The molecular weight excluding hydrogens is 318 g/mol. The van der Waals surface area contributed by atoms with Gasteiger partial charge < -0.3 is 10.1 Å². The molecule has 1 amide bonds. The smallest absolute Gasteiger partial charge is 0.316 e. The van der Waals surface area contributed by atoms with Crippen molar-refractivity contribution in [1.82, 2.24) is 19.7 Å². The van der Waals surface area contributed by atoms with Crippen LogP contribution in [0.1, 0.15) is 55.6 Å². The molecule has 2 aliphatic rings. The Kier molecular flexibility index (Phi) is 4.38. The lowest BCUT2D eigenvalue weighted by atomic mass is 9.88. The number of methoxy groups -OCH3 is 1. The molecule has 0 bridgehead atoms. The fraction of sp³-hybridized carbons (Fsp3) is 0.556. The van der Waals surface area contributed by atoms with Crippen LogP contribution in [0.3, 0.4) is 0 Å². The van der Waals surface area contributed by atoms with Crippen molar-refractivity contribution >= 4 is 11.7 Å². The summed E-state index contributed by atoms with van der Waals surface area (Å²) in [4.78, 5) is 20.6. The Bertz CT molecular complexity index is 749. The maximum Gasteiger partial charge on any atom is 0.316 e. The van der Waals surface area contributed by atoms with Crippen molar-refractivity contribution in [1.29, 1.82) is 0 Å². The van der Waals surface area contributed by atoms with Crippen molar-refractivity contribution in [2.75, 3.05) is 12.4 Å². The molecule has 7 heteroatoms. The molecule has 25 heavy (non-hydrogen) atoms. The lowest BCUT2D eigenvalue weighted by Crippen LogP contribution is -2.26. The molecule has 1 fully saturated rings. The first-order chi connectivity index (χ1) is 12.2. The molecular formula is C18H23N5O2. The minimum absolute atomic E-state index is 0.0127. The number of nitrogens with one attached hydrogen (secondary N) is 1. The first-order valence-corrected chi connectivity index (χ1v) is 8.96. The normalized spacial score (nSPS) is 20.8. The van der Waals surface area contributed by atoms with Crippen LogP contribution in [0.2, 0.25) is 0 Å². The second-order valence-corrected chi connectivity index (χ2v) is 6.94. The standard InChI is InChI=1S/C18H23N5O2/c1-25-18-19-8-13(9-20-18)14-7-16(24)22-17-15(14)10-21-23(17)11-12-5-3-2-4-6-12/h8-10,12,14H,2-7,11H2,1H3,(H,22,24). The second-order valence-electron chi connectivity index (χ2n) is 6.94. The van der Waals surface area contributed by atoms with E-state index in [1.54, 1.807) is 12.4 Å². The SMILES string of the molecule is COc1ncc(C2CC(=O)Nc3c2cnn3CC2CCCCC2)cn1. The Morgan fingerprint density at radius 1 is 1.20 bits per heavy atom. The Morgan fingerprint density at radius 3 is 2.68 bits per heavy atom. The van der Waals surface area contributed by atoms with E-state index in [0.29, 0.717) is 18.3 Å². The molecule has 1 aliphatic carbocycles. The van der Waals surface area contributed by atoms with E-state index in [1.165, 1.54) is 39.2 Å². The van der Waals surface area contributed by atoms with Gasteiger partial charge in [-0.05, 0) is 24.3 Å². The number of ether oxygens (including phenoxy) is 1. The van der Waals surface area contributed by atoms with E-state index < -0.39 is 0 Å². The fourth-order valence-electron chi connectivity index (χ4n) is 3.93. The third-order valence-electron chi connectivity index (χ3n) is 5.28. The molecule has 7 nitrogen and oxygen atoms in total. The molecule has 1 unspecified atom stereocenters. The minimum atomic E-state index is -0.0604. The highest BCUT2D eigenvalue weighted by atomic mass is 16.5. The van der Waals surface area contributed by atoms with Crippen LogP contribution in [0.5, 0.6) is 6.01 Å². The van der Waals surface area contributed by atoms with Crippen LogP contribution in [-0.4, -0.2) is 32.8 Å². The molecule has 1 saturated carbocycles. The topological polar surface area (TPSA) is 81.9 Å². The van der Waals surface area contributed by atoms with Crippen molar-refractivity contribution in [3.8, 4) is 6.01 Å². The number of fused-ring (bicyclic) bond motifs is 1. The van der Waals surface area contributed by atoms with E-state index >= 15 is 0 Å². The van der Waals surface area contributed by atoms with Crippen LogP contribution in [0.4, 0.5) is 5.82 Å². The number of carbonyl (C=O) groups is 1. The predicted molar refractivity (Wildman–Crippen MR) is 92.5 cm³/mol. The van der Waals surface area contributed by atoms with Crippen LogP contribution in [0.25, 0.3) is 0 Å². The second kappa shape index (κ2) is 6.82. The predicted octanol–water partition coefficient (Wildman–Crippen LogP) is 2.74. The molecule has 2 aromatic rings. The maximum absolute atomic E-state index is 12.3. The van der Waals surface area contributed by atoms with Crippen LogP contribution in [-0.2, 0) is 11.3 Å². The largest absolute Gasteiger partial charge is 0.467 e. The summed E-state index contributed by atoms with van der Waals surface area (Å²) in [5.41, 5.74) is 1.96. The van der Waals surface area contributed by atoms with E-state index in [-0.39, 0.29) is 11.8 Å². The van der Waals surface area contributed by atoms with E-state index in [1.807, 2.05) is 10.9 Å². The summed E-state index contributed by atoms with van der Waals surface area (Å²) < 4.78 is 6.99. The monoisotopic (exact) mass is 341 g/mol. The minimum Gasteiger partial charge on any atom is -0.467 e. The van der Waals surface area contributed by atoms with Gasteiger partial charge in [-0.1, -0.05) is 19.3 Å². The average Bonchev–Trinajstić information content (AvgIpc) is 3.04. The number of carbonyl (C=O) groups excluding carboxylic acids is 1. The fourth-order valence-corrected chi connectivity index (χ4v) is 3.93. The number of hydrogen-bond donors (Lipinski definition) is 1. The summed E-state index contributed by atoms with van der Waals surface area (Å²) in [6.45, 7) is 0.876. The summed E-state index contributed by atoms with van der Waals surface area (Å²) in [5, 5.41) is 7.59. The Balaban J connectivity index is 1.61. The van der Waals surface area contributed by atoms with Gasteiger partial charge in [0.1, 0.15) is 5.82 Å². The van der Waals surface area contributed by atoms with Crippen molar-refractivity contribution < 1.29 is 9.53 Å². The molecule has 4 rings (SSSR count). The quantitative estimate of drug-likeness (QED) is 0.924. The Morgan fingerprint density at radius 2 is 1.96 bits per heavy atom. The summed E-state index contributed by atoms with van der Waals surface area (Å²) >= 11 is 0. The highest BCUT2D eigenvalue weighted by molar-refractivity contribution is 5.94. The van der Waals surface area contributed by atoms with Gasteiger partial charge in [-0.25, -0.2) is 14.6 Å². The van der Waals surface area contributed by atoms with Crippen molar-refractivity contribution in [3.05, 3.63) is 29.7 Å². The number of amides is 1. The number of rotatable bonds is 4. The summed E-state index contributed by atoms with van der Waals surface area (Å²) in [5.74, 6) is 1.44.